The van der Waals surface area contributed by atoms with Crippen molar-refractivity contribution in [3.63, 3.8) is 0 Å². The van der Waals surface area contributed by atoms with E-state index in [2.05, 4.69) is 27.7 Å². The normalized spacial score (nSPS) is 19.5. The van der Waals surface area contributed by atoms with Gasteiger partial charge in [-0.1, -0.05) is 6.92 Å². The zero-order valence-corrected chi connectivity index (χ0v) is 10.2. The number of rotatable bonds is 0. The fraction of sp³-hybridized carbons (Fsp3) is 0.500. The third-order valence-corrected chi connectivity index (χ3v) is 4.02. The molecular weight excluding hydrogens is 184 g/mol. The molecular formula is C14H18O. The smallest absolute Gasteiger partial charge is 0.166 e. The van der Waals surface area contributed by atoms with Crippen LogP contribution in [0.25, 0.3) is 0 Å². The van der Waals surface area contributed by atoms with E-state index in [-0.39, 0.29) is 5.92 Å². The Morgan fingerprint density at radius 2 is 1.47 bits per heavy atom. The summed E-state index contributed by atoms with van der Waals surface area (Å²) < 4.78 is 0. The maximum atomic E-state index is 12.0. The predicted molar refractivity (Wildman–Crippen MR) is 62.6 cm³/mol. The van der Waals surface area contributed by atoms with Crippen molar-refractivity contribution in [2.45, 2.75) is 41.0 Å². The zero-order valence-electron chi connectivity index (χ0n) is 10.2. The minimum atomic E-state index is 0.179. The monoisotopic (exact) mass is 202 g/mol. The van der Waals surface area contributed by atoms with Crippen molar-refractivity contribution < 1.29 is 4.79 Å². The van der Waals surface area contributed by atoms with Crippen LogP contribution in [0.4, 0.5) is 0 Å². The molecule has 0 saturated carbocycles. The van der Waals surface area contributed by atoms with Crippen LogP contribution in [0.1, 0.15) is 45.1 Å². The van der Waals surface area contributed by atoms with Gasteiger partial charge in [0, 0.05) is 11.5 Å². The molecule has 0 radical (unpaired) electrons. The van der Waals surface area contributed by atoms with Crippen LogP contribution in [0.2, 0.25) is 0 Å². The van der Waals surface area contributed by atoms with Crippen LogP contribution in [0, 0.1) is 33.6 Å². The molecule has 0 heterocycles. The highest BCUT2D eigenvalue weighted by atomic mass is 16.1. The Kier molecular flexibility index (Phi) is 2.22. The molecule has 0 amide bonds. The lowest BCUT2D eigenvalue weighted by atomic mass is 9.90. The summed E-state index contributed by atoms with van der Waals surface area (Å²) in [6.45, 7) is 10.5. The summed E-state index contributed by atoms with van der Waals surface area (Å²) in [7, 11) is 0. The van der Waals surface area contributed by atoms with E-state index in [0.29, 0.717) is 5.78 Å². The lowest BCUT2D eigenvalue weighted by Gasteiger charge is -2.14. The van der Waals surface area contributed by atoms with E-state index in [1.807, 2.05) is 6.92 Å². The molecule has 0 fully saturated rings. The molecule has 1 nitrogen and oxygen atoms in total. The molecule has 0 saturated heterocycles. The summed E-state index contributed by atoms with van der Waals surface area (Å²) in [5, 5.41) is 0. The first kappa shape index (κ1) is 10.4. The highest BCUT2D eigenvalue weighted by Crippen LogP contribution is 2.35. The summed E-state index contributed by atoms with van der Waals surface area (Å²) in [5.41, 5.74) is 7.48. The van der Waals surface area contributed by atoms with Gasteiger partial charge in [-0.3, -0.25) is 4.79 Å². The van der Waals surface area contributed by atoms with Gasteiger partial charge >= 0.3 is 0 Å². The molecule has 0 aromatic heterocycles. The maximum absolute atomic E-state index is 12.0. The Bertz CT molecular complexity index is 455. The Balaban J connectivity index is 2.81. The molecule has 80 valence electrons. The van der Waals surface area contributed by atoms with Crippen LogP contribution in [0.5, 0.6) is 0 Å². The third-order valence-electron chi connectivity index (χ3n) is 4.02. The Labute approximate surface area is 91.5 Å². The topological polar surface area (TPSA) is 17.1 Å². The quantitative estimate of drug-likeness (QED) is 0.631. The summed E-state index contributed by atoms with van der Waals surface area (Å²) in [6, 6.07) is 0. The second-order valence-corrected chi connectivity index (χ2v) is 4.82. The van der Waals surface area contributed by atoms with E-state index in [4.69, 9.17) is 0 Å². The van der Waals surface area contributed by atoms with Crippen molar-refractivity contribution in [1.29, 1.82) is 0 Å². The number of hydrogen-bond acceptors (Lipinski definition) is 1. The molecule has 0 aliphatic heterocycles. The number of ketones is 1. The molecule has 1 unspecified atom stereocenters. The fourth-order valence-corrected chi connectivity index (χ4v) is 2.62. The SMILES string of the molecule is Cc1c(C)c(C)c2c(c1C)CC(C)C2=O. The van der Waals surface area contributed by atoms with Gasteiger partial charge in [0.25, 0.3) is 0 Å². The molecule has 2 rings (SSSR count). The number of benzene rings is 1. The van der Waals surface area contributed by atoms with E-state index in [1.54, 1.807) is 0 Å². The zero-order chi connectivity index (χ0) is 11.3. The van der Waals surface area contributed by atoms with Crippen molar-refractivity contribution in [2.24, 2.45) is 5.92 Å². The van der Waals surface area contributed by atoms with Gasteiger partial charge in [-0.15, -0.1) is 0 Å². The van der Waals surface area contributed by atoms with E-state index >= 15 is 0 Å². The van der Waals surface area contributed by atoms with Gasteiger partial charge in [-0.05, 0) is 61.9 Å². The predicted octanol–water partition coefficient (Wildman–Crippen LogP) is 3.30. The Hall–Kier alpha value is -1.11. The van der Waals surface area contributed by atoms with Crippen LogP contribution in [-0.4, -0.2) is 5.78 Å². The van der Waals surface area contributed by atoms with Gasteiger partial charge in [-0.25, -0.2) is 0 Å². The first-order chi connectivity index (χ1) is 6.95. The minimum Gasteiger partial charge on any atom is -0.294 e. The highest BCUT2D eigenvalue weighted by molar-refractivity contribution is 6.04. The van der Waals surface area contributed by atoms with Crippen molar-refractivity contribution in [1.82, 2.24) is 0 Å². The number of hydrogen-bond donors (Lipinski definition) is 0. The van der Waals surface area contributed by atoms with Crippen molar-refractivity contribution in [3.8, 4) is 0 Å². The average Bonchev–Trinajstić information content (AvgIpc) is 2.50. The molecule has 1 aromatic rings. The summed E-state index contributed by atoms with van der Waals surface area (Å²) in [6.07, 6.45) is 0.932. The van der Waals surface area contributed by atoms with E-state index in [0.717, 1.165) is 12.0 Å². The second-order valence-electron chi connectivity index (χ2n) is 4.82. The second kappa shape index (κ2) is 3.19. The van der Waals surface area contributed by atoms with Gasteiger partial charge in [0.2, 0.25) is 0 Å². The third kappa shape index (κ3) is 1.26. The molecule has 0 N–H and O–H groups in total. The largest absolute Gasteiger partial charge is 0.294 e. The van der Waals surface area contributed by atoms with Crippen molar-refractivity contribution >= 4 is 5.78 Å². The number of carbonyl (C=O) groups is 1. The summed E-state index contributed by atoms with van der Waals surface area (Å²) >= 11 is 0. The number of Topliss-reactive ketones (excluding diaryl/α,β-unsaturated/α-hetero) is 1. The number of carbonyl (C=O) groups excluding carboxylic acids is 1. The van der Waals surface area contributed by atoms with Gasteiger partial charge < -0.3 is 0 Å². The van der Waals surface area contributed by atoms with Gasteiger partial charge in [0.1, 0.15) is 0 Å². The first-order valence-electron chi connectivity index (χ1n) is 5.58. The lowest BCUT2D eigenvalue weighted by molar-refractivity contribution is 0.0945. The molecule has 1 aliphatic carbocycles. The molecule has 1 heteroatoms. The summed E-state index contributed by atoms with van der Waals surface area (Å²) in [5.74, 6) is 0.521. The van der Waals surface area contributed by atoms with E-state index in [9.17, 15) is 4.79 Å². The molecule has 1 atom stereocenters. The van der Waals surface area contributed by atoms with Crippen LogP contribution in [-0.2, 0) is 6.42 Å². The molecule has 0 spiro atoms. The Morgan fingerprint density at radius 1 is 0.933 bits per heavy atom. The molecule has 1 aromatic carbocycles. The van der Waals surface area contributed by atoms with Gasteiger partial charge in [0.05, 0.1) is 0 Å². The molecule has 15 heavy (non-hydrogen) atoms. The van der Waals surface area contributed by atoms with Crippen LogP contribution < -0.4 is 0 Å². The van der Waals surface area contributed by atoms with Crippen molar-refractivity contribution in [2.75, 3.05) is 0 Å². The van der Waals surface area contributed by atoms with Crippen molar-refractivity contribution in [3.05, 3.63) is 33.4 Å². The summed E-state index contributed by atoms with van der Waals surface area (Å²) in [4.78, 5) is 12.0. The minimum absolute atomic E-state index is 0.179. The fourth-order valence-electron chi connectivity index (χ4n) is 2.62. The van der Waals surface area contributed by atoms with Crippen LogP contribution in [0.15, 0.2) is 0 Å². The van der Waals surface area contributed by atoms with Crippen LogP contribution in [0.3, 0.4) is 0 Å². The highest BCUT2D eigenvalue weighted by Gasteiger charge is 2.31. The first-order valence-corrected chi connectivity index (χ1v) is 5.58. The number of fused-ring (bicyclic) bond motifs is 1. The van der Waals surface area contributed by atoms with Crippen LogP contribution >= 0.6 is 0 Å². The van der Waals surface area contributed by atoms with Gasteiger partial charge in [0.15, 0.2) is 5.78 Å². The van der Waals surface area contributed by atoms with Gasteiger partial charge in [-0.2, -0.15) is 0 Å². The van der Waals surface area contributed by atoms with E-state index in [1.165, 1.54) is 27.8 Å². The van der Waals surface area contributed by atoms with E-state index < -0.39 is 0 Å². The Morgan fingerprint density at radius 3 is 2.07 bits per heavy atom. The molecule has 1 aliphatic rings. The molecule has 0 bridgehead atoms. The lowest BCUT2D eigenvalue weighted by Crippen LogP contribution is -2.06. The maximum Gasteiger partial charge on any atom is 0.166 e. The average molecular weight is 202 g/mol. The standard InChI is InChI=1S/C14H18O/c1-7-6-12-10(4)8(2)9(3)11(5)13(12)14(7)15/h7H,6H2,1-5H3.